The zero-order valence-corrected chi connectivity index (χ0v) is 15.0. The number of ether oxygens (including phenoxy) is 2. The first-order valence-corrected chi connectivity index (χ1v) is 10.0. The van der Waals surface area contributed by atoms with Crippen LogP contribution in [-0.4, -0.2) is 50.3 Å². The van der Waals surface area contributed by atoms with Crippen molar-refractivity contribution in [3.63, 3.8) is 0 Å². The Bertz CT molecular complexity index is 649. The van der Waals surface area contributed by atoms with Crippen molar-refractivity contribution in [2.45, 2.75) is 49.5 Å². The summed E-state index contributed by atoms with van der Waals surface area (Å²) in [6.07, 6.45) is 3.70. The number of carbonyl (C=O) groups is 2. The number of rotatable bonds is 5. The highest BCUT2D eigenvalue weighted by Crippen LogP contribution is 2.48. The molecule has 24 heavy (non-hydrogen) atoms. The molecule has 130 valence electrons. The third-order valence-electron chi connectivity index (χ3n) is 4.99. The van der Waals surface area contributed by atoms with Crippen LogP contribution in [0.1, 0.15) is 44.2 Å². The van der Waals surface area contributed by atoms with Gasteiger partial charge in [-0.3, -0.25) is 0 Å². The molecule has 0 amide bonds. The monoisotopic (exact) mass is 369 g/mol. The molecule has 3 saturated heterocycles. The van der Waals surface area contributed by atoms with E-state index >= 15 is 0 Å². The molecule has 3 fully saturated rings. The topological polar surface area (TPSA) is 81.6 Å². The van der Waals surface area contributed by atoms with Gasteiger partial charge in [0, 0.05) is 25.4 Å². The first-order chi connectivity index (χ1) is 11.6. The predicted octanol–water partition coefficient (Wildman–Crippen LogP) is 1.99. The summed E-state index contributed by atoms with van der Waals surface area (Å²) in [5.74, 6) is -1.22. The molecule has 1 spiro atoms. The van der Waals surface area contributed by atoms with Crippen molar-refractivity contribution >= 4 is 35.4 Å². The van der Waals surface area contributed by atoms with Crippen molar-refractivity contribution in [3.8, 4) is 0 Å². The Kier molecular flexibility index (Phi) is 4.26. The molecule has 4 rings (SSSR count). The Morgan fingerprint density at radius 2 is 2.08 bits per heavy atom. The molecular weight excluding hydrogens is 350 g/mol. The normalized spacial score (nSPS) is 30.6. The van der Waals surface area contributed by atoms with Crippen LogP contribution in [0.5, 0.6) is 0 Å². The van der Waals surface area contributed by atoms with Crippen LogP contribution >= 0.6 is 23.5 Å². The highest BCUT2D eigenvalue weighted by atomic mass is 32.2. The zero-order valence-electron chi connectivity index (χ0n) is 13.4. The molecule has 3 aliphatic rings. The molecule has 1 aromatic rings. The number of hydrogen-bond acceptors (Lipinski definition) is 9. The zero-order chi connectivity index (χ0) is 16.7. The van der Waals surface area contributed by atoms with Crippen molar-refractivity contribution in [3.05, 3.63) is 5.69 Å². The van der Waals surface area contributed by atoms with E-state index in [1.54, 1.807) is 11.8 Å². The fraction of sp³-hybridized carbons (Fsp3) is 0.733. The number of esters is 2. The van der Waals surface area contributed by atoms with Crippen LogP contribution in [-0.2, 0) is 19.1 Å². The molecule has 1 aromatic heterocycles. The van der Waals surface area contributed by atoms with Gasteiger partial charge in [-0.05, 0) is 24.5 Å². The van der Waals surface area contributed by atoms with Gasteiger partial charge in [-0.15, -0.1) is 11.8 Å². The molecule has 4 heterocycles. The van der Waals surface area contributed by atoms with Crippen molar-refractivity contribution in [2.75, 3.05) is 18.8 Å². The third kappa shape index (κ3) is 2.62. The lowest BCUT2D eigenvalue weighted by Gasteiger charge is -2.37. The summed E-state index contributed by atoms with van der Waals surface area (Å²) in [6.45, 7) is 3.61. The van der Waals surface area contributed by atoms with Crippen molar-refractivity contribution in [1.82, 2.24) is 13.6 Å². The molecule has 0 aliphatic carbocycles. The van der Waals surface area contributed by atoms with Gasteiger partial charge in [0.15, 0.2) is 0 Å². The quantitative estimate of drug-likeness (QED) is 0.337. The number of unbranched alkanes of at least 4 members (excludes halogenated alkanes) is 1. The summed E-state index contributed by atoms with van der Waals surface area (Å²) in [4.78, 5) is 25.0. The van der Waals surface area contributed by atoms with E-state index < -0.39 is 17.8 Å². The molecule has 0 N–H and O–H groups in total. The fourth-order valence-electron chi connectivity index (χ4n) is 3.73. The molecule has 9 heteroatoms. The number of carbonyl (C=O) groups excluding carboxylic acids is 2. The van der Waals surface area contributed by atoms with E-state index in [0.29, 0.717) is 18.9 Å². The standard InChI is InChI=1S/C15H19N3O4S2/c1-2-3-6-23-12-11(16-24-17-12)10-8-18-7-9(10)4-5-15(18)21-13(19)14(20)22-15/h9-10H,2-8H2,1H3. The summed E-state index contributed by atoms with van der Waals surface area (Å²) in [5.41, 5.74) is 1.06. The van der Waals surface area contributed by atoms with E-state index in [1.165, 1.54) is 18.1 Å². The number of piperidine rings is 1. The number of thioether (sulfide) groups is 1. The minimum atomic E-state index is -1.18. The van der Waals surface area contributed by atoms with E-state index in [2.05, 4.69) is 15.7 Å². The predicted molar refractivity (Wildman–Crippen MR) is 87.5 cm³/mol. The Morgan fingerprint density at radius 1 is 1.29 bits per heavy atom. The van der Waals surface area contributed by atoms with Gasteiger partial charge in [-0.2, -0.15) is 8.75 Å². The van der Waals surface area contributed by atoms with Crippen molar-refractivity contribution in [1.29, 1.82) is 0 Å². The van der Waals surface area contributed by atoms with Crippen LogP contribution < -0.4 is 0 Å². The molecular formula is C15H19N3O4S2. The van der Waals surface area contributed by atoms with Gasteiger partial charge in [-0.1, -0.05) is 13.3 Å². The summed E-state index contributed by atoms with van der Waals surface area (Å²) in [7, 11) is 0. The highest BCUT2D eigenvalue weighted by Gasteiger charge is 2.59. The van der Waals surface area contributed by atoms with Crippen LogP contribution in [0.25, 0.3) is 0 Å². The van der Waals surface area contributed by atoms with Crippen LogP contribution in [0.3, 0.4) is 0 Å². The first kappa shape index (κ1) is 16.3. The lowest BCUT2D eigenvalue weighted by Crippen LogP contribution is -2.51. The molecule has 7 nitrogen and oxygen atoms in total. The van der Waals surface area contributed by atoms with E-state index in [0.717, 1.165) is 35.9 Å². The average Bonchev–Trinajstić information content (AvgIpc) is 3.22. The van der Waals surface area contributed by atoms with E-state index in [9.17, 15) is 9.59 Å². The largest absolute Gasteiger partial charge is 0.421 e. The maximum Gasteiger partial charge on any atom is 0.421 e. The number of hydrogen-bond donors (Lipinski definition) is 0. The minimum absolute atomic E-state index is 0.255. The maximum atomic E-state index is 11.5. The van der Waals surface area contributed by atoms with Gasteiger partial charge >= 0.3 is 17.8 Å². The van der Waals surface area contributed by atoms with Gasteiger partial charge in [0.2, 0.25) is 0 Å². The number of fused-ring (bicyclic) bond motifs is 3. The molecule has 3 atom stereocenters. The van der Waals surface area contributed by atoms with Gasteiger partial charge in [0.1, 0.15) is 5.03 Å². The van der Waals surface area contributed by atoms with Gasteiger partial charge in [0.05, 0.1) is 17.4 Å². The lowest BCUT2D eigenvalue weighted by molar-refractivity contribution is -0.257. The van der Waals surface area contributed by atoms with Crippen LogP contribution in [0.2, 0.25) is 0 Å². The Labute approximate surface area is 148 Å². The van der Waals surface area contributed by atoms with Gasteiger partial charge < -0.3 is 9.47 Å². The average molecular weight is 369 g/mol. The van der Waals surface area contributed by atoms with E-state index in [1.807, 2.05) is 4.90 Å². The number of nitrogens with zero attached hydrogens (tertiary/aromatic N) is 3. The van der Waals surface area contributed by atoms with E-state index in [4.69, 9.17) is 9.47 Å². The van der Waals surface area contributed by atoms with Crippen molar-refractivity contribution in [2.24, 2.45) is 5.92 Å². The highest BCUT2D eigenvalue weighted by molar-refractivity contribution is 7.99. The molecule has 0 aromatic carbocycles. The maximum absolute atomic E-state index is 11.5. The Hall–Kier alpha value is -1.19. The van der Waals surface area contributed by atoms with Crippen LogP contribution in [0.4, 0.5) is 0 Å². The second-order valence-corrected chi connectivity index (χ2v) is 8.07. The smallest absolute Gasteiger partial charge is 0.400 e. The van der Waals surface area contributed by atoms with Crippen molar-refractivity contribution < 1.29 is 19.1 Å². The summed E-state index contributed by atoms with van der Waals surface area (Å²) in [6, 6.07) is 0. The SMILES string of the molecule is CCCCSc1nsnc1C1CN2CC1CCC21OC(=O)C(=O)O1. The summed E-state index contributed by atoms with van der Waals surface area (Å²) >= 11 is 3.03. The second-order valence-electron chi connectivity index (χ2n) is 6.46. The molecule has 0 radical (unpaired) electrons. The summed E-state index contributed by atoms with van der Waals surface area (Å²) < 4.78 is 19.6. The molecule has 0 saturated carbocycles. The molecule has 3 aliphatic heterocycles. The minimum Gasteiger partial charge on any atom is -0.400 e. The number of aromatic nitrogens is 2. The second kappa shape index (κ2) is 6.27. The third-order valence-corrected chi connectivity index (χ3v) is 6.72. The van der Waals surface area contributed by atoms with E-state index in [-0.39, 0.29) is 5.92 Å². The fourth-order valence-corrected chi connectivity index (χ4v) is 5.59. The Morgan fingerprint density at radius 3 is 2.83 bits per heavy atom. The first-order valence-electron chi connectivity index (χ1n) is 8.29. The van der Waals surface area contributed by atoms with Crippen LogP contribution in [0.15, 0.2) is 5.03 Å². The molecule has 2 bridgehead atoms. The Balaban J connectivity index is 1.51. The molecule has 3 unspecified atom stereocenters. The van der Waals surface area contributed by atoms with Gasteiger partial charge in [0.25, 0.3) is 0 Å². The van der Waals surface area contributed by atoms with Crippen LogP contribution in [0, 0.1) is 5.92 Å². The summed E-state index contributed by atoms with van der Waals surface area (Å²) in [5, 5.41) is 1.03. The lowest BCUT2D eigenvalue weighted by atomic mass is 9.88. The van der Waals surface area contributed by atoms with Gasteiger partial charge in [-0.25, -0.2) is 14.5 Å².